The normalized spacial score (nSPS) is 17.8. The summed E-state index contributed by atoms with van der Waals surface area (Å²) in [4.78, 5) is 28.1. The van der Waals surface area contributed by atoms with Crippen molar-refractivity contribution >= 4 is 52.0 Å². The molecule has 1 amide bonds. The van der Waals surface area contributed by atoms with E-state index in [1.54, 1.807) is 6.07 Å². The lowest BCUT2D eigenvalue weighted by molar-refractivity contribution is -0.140. The first-order valence-electron chi connectivity index (χ1n) is 9.42. The Balaban J connectivity index is 1.96. The summed E-state index contributed by atoms with van der Waals surface area (Å²) in [6, 6.07) is 11.1. The number of aliphatic hydroxyl groups is 1. The number of benzene rings is 2. The van der Waals surface area contributed by atoms with Crippen molar-refractivity contribution in [1.29, 1.82) is 0 Å². The summed E-state index contributed by atoms with van der Waals surface area (Å²) >= 11 is 13.7. The lowest BCUT2D eigenvalue weighted by Gasteiger charge is -2.25. The predicted molar refractivity (Wildman–Crippen MR) is 122 cm³/mol. The van der Waals surface area contributed by atoms with E-state index in [-0.39, 0.29) is 39.0 Å². The van der Waals surface area contributed by atoms with Crippen LogP contribution in [0.15, 0.2) is 59.5 Å². The van der Waals surface area contributed by atoms with Crippen molar-refractivity contribution in [3.63, 3.8) is 0 Å². The number of ketones is 1. The van der Waals surface area contributed by atoms with E-state index < -0.39 is 29.3 Å². The van der Waals surface area contributed by atoms with Gasteiger partial charge in [-0.1, -0.05) is 47.5 Å². The number of ether oxygens (including phenoxy) is 1. The number of halogens is 3. The van der Waals surface area contributed by atoms with E-state index in [9.17, 15) is 19.1 Å². The second-order valence-electron chi connectivity index (χ2n) is 7.00. The van der Waals surface area contributed by atoms with Crippen molar-refractivity contribution in [2.24, 2.45) is 0 Å². The van der Waals surface area contributed by atoms with Crippen LogP contribution in [0.3, 0.4) is 0 Å². The molecule has 2 aromatic carbocycles. The average molecular weight is 492 g/mol. The number of likely N-dealkylation sites (tertiary alicyclic amines) is 1. The third-order valence-electron chi connectivity index (χ3n) is 5.11. The smallest absolute Gasteiger partial charge is 0.295 e. The maximum atomic E-state index is 14.8. The van der Waals surface area contributed by atoms with Crippen molar-refractivity contribution < 1.29 is 23.8 Å². The zero-order chi connectivity index (χ0) is 23.0. The highest BCUT2D eigenvalue weighted by molar-refractivity contribution is 7.09. The van der Waals surface area contributed by atoms with Crippen LogP contribution in [0.5, 0.6) is 5.75 Å². The van der Waals surface area contributed by atoms with Crippen LogP contribution in [-0.2, 0) is 16.1 Å². The highest BCUT2D eigenvalue weighted by atomic mass is 35.5. The molecule has 1 aliphatic heterocycles. The summed E-state index contributed by atoms with van der Waals surface area (Å²) in [6.45, 7) is 0.0749. The number of carbonyl (C=O) groups is 2. The van der Waals surface area contributed by atoms with E-state index in [0.29, 0.717) is 0 Å². The zero-order valence-corrected chi connectivity index (χ0v) is 19.0. The van der Waals surface area contributed by atoms with Crippen LogP contribution in [0.2, 0.25) is 10.0 Å². The summed E-state index contributed by atoms with van der Waals surface area (Å²) in [5.41, 5.74) is -0.161. The molecule has 0 radical (unpaired) electrons. The van der Waals surface area contributed by atoms with Gasteiger partial charge in [-0.05, 0) is 29.6 Å². The maximum Gasteiger partial charge on any atom is 0.295 e. The van der Waals surface area contributed by atoms with Gasteiger partial charge in [0.2, 0.25) is 0 Å². The number of hydrogen-bond donors (Lipinski definition) is 1. The fourth-order valence-corrected chi connectivity index (χ4v) is 5.00. The van der Waals surface area contributed by atoms with Crippen LogP contribution in [0.1, 0.15) is 22.0 Å². The fraction of sp³-hybridized carbons (Fsp3) is 0.130. The van der Waals surface area contributed by atoms with Crippen molar-refractivity contribution in [2.75, 3.05) is 7.11 Å². The molecule has 2 heterocycles. The van der Waals surface area contributed by atoms with Gasteiger partial charge in [-0.2, -0.15) is 0 Å². The van der Waals surface area contributed by atoms with Crippen LogP contribution < -0.4 is 4.74 Å². The van der Waals surface area contributed by atoms with Crippen LogP contribution in [0.4, 0.5) is 4.39 Å². The average Bonchev–Trinajstić information content (AvgIpc) is 3.36. The number of amides is 1. The van der Waals surface area contributed by atoms with Gasteiger partial charge in [0.1, 0.15) is 17.3 Å². The third-order valence-corrected chi connectivity index (χ3v) is 6.47. The van der Waals surface area contributed by atoms with Gasteiger partial charge in [-0.3, -0.25) is 9.59 Å². The molecule has 164 valence electrons. The quantitative estimate of drug-likeness (QED) is 0.277. The molecule has 1 N–H and O–H groups in total. The lowest BCUT2D eigenvalue weighted by Crippen LogP contribution is -2.29. The number of hydrogen-bond acceptors (Lipinski definition) is 5. The van der Waals surface area contributed by atoms with Gasteiger partial charge in [-0.15, -0.1) is 11.3 Å². The minimum absolute atomic E-state index is 0.0282. The highest BCUT2D eigenvalue weighted by Crippen LogP contribution is 2.44. The molecular formula is C23H16Cl2FNO4S. The summed E-state index contributed by atoms with van der Waals surface area (Å²) in [7, 11) is 1.34. The topological polar surface area (TPSA) is 66.8 Å². The lowest BCUT2D eigenvalue weighted by atomic mass is 9.94. The number of rotatable bonds is 5. The van der Waals surface area contributed by atoms with Crippen LogP contribution >= 0.6 is 34.5 Å². The summed E-state index contributed by atoms with van der Waals surface area (Å²) in [5, 5.41) is 13.3. The predicted octanol–water partition coefficient (Wildman–Crippen LogP) is 5.82. The maximum absolute atomic E-state index is 14.8. The first kappa shape index (κ1) is 22.3. The fourth-order valence-electron chi connectivity index (χ4n) is 3.72. The summed E-state index contributed by atoms with van der Waals surface area (Å²) < 4.78 is 20.1. The van der Waals surface area contributed by atoms with Gasteiger partial charge in [-0.25, -0.2) is 4.39 Å². The zero-order valence-electron chi connectivity index (χ0n) is 16.6. The van der Waals surface area contributed by atoms with Crippen molar-refractivity contribution in [3.05, 3.63) is 91.4 Å². The monoisotopic (exact) mass is 491 g/mol. The number of nitrogens with zero attached hydrogens (tertiary/aromatic N) is 1. The van der Waals surface area contributed by atoms with E-state index in [0.717, 1.165) is 4.88 Å². The van der Waals surface area contributed by atoms with Crippen LogP contribution in [-0.4, -0.2) is 28.8 Å². The molecule has 1 aliphatic rings. The molecule has 0 saturated carbocycles. The van der Waals surface area contributed by atoms with Crippen LogP contribution in [0.25, 0.3) is 5.76 Å². The van der Waals surface area contributed by atoms with Gasteiger partial charge in [0.25, 0.3) is 11.7 Å². The van der Waals surface area contributed by atoms with Crippen molar-refractivity contribution in [3.8, 4) is 5.75 Å². The molecule has 1 fully saturated rings. The molecule has 32 heavy (non-hydrogen) atoms. The summed E-state index contributed by atoms with van der Waals surface area (Å²) in [6.07, 6.45) is 0. The summed E-state index contributed by atoms with van der Waals surface area (Å²) in [5.74, 6) is -2.87. The minimum Gasteiger partial charge on any atom is -0.507 e. The van der Waals surface area contributed by atoms with Crippen molar-refractivity contribution in [1.82, 2.24) is 4.90 Å². The molecule has 5 nitrogen and oxygen atoms in total. The molecule has 0 spiro atoms. The van der Waals surface area contributed by atoms with Crippen LogP contribution in [0, 0.1) is 5.82 Å². The Morgan fingerprint density at radius 3 is 2.59 bits per heavy atom. The number of carbonyl (C=O) groups excluding carboxylic acids is 2. The Morgan fingerprint density at radius 2 is 1.94 bits per heavy atom. The first-order valence-corrected chi connectivity index (χ1v) is 11.1. The number of methoxy groups -OCH3 is 1. The molecule has 9 heteroatoms. The van der Waals surface area contributed by atoms with E-state index >= 15 is 0 Å². The Bertz CT molecular complexity index is 1240. The first-order chi connectivity index (χ1) is 15.3. The Kier molecular flexibility index (Phi) is 6.24. The molecule has 1 unspecified atom stereocenters. The van der Waals surface area contributed by atoms with Crippen molar-refractivity contribution in [2.45, 2.75) is 12.6 Å². The standard InChI is InChI=1S/C23H16Cl2FNO4S/c1-31-22-15(9-12(24)10-16(22)25)20(28)18-19(14-6-2-3-7-17(14)26)27(23(30)21(18)29)11-13-5-4-8-32-13/h2-10,19,28H,11H2,1H3/b20-18+. The molecule has 1 aromatic heterocycles. The molecule has 3 aromatic rings. The third kappa shape index (κ3) is 3.88. The van der Waals surface area contributed by atoms with Gasteiger partial charge < -0.3 is 14.7 Å². The second-order valence-corrected chi connectivity index (χ2v) is 8.87. The van der Waals surface area contributed by atoms with E-state index in [4.69, 9.17) is 27.9 Å². The second kappa shape index (κ2) is 8.94. The SMILES string of the molecule is COc1c(Cl)cc(Cl)cc1/C(O)=C1\C(=O)C(=O)N(Cc2cccs2)C1c1ccccc1F. The van der Waals surface area contributed by atoms with E-state index in [1.807, 2.05) is 17.5 Å². The number of thiophene rings is 1. The molecule has 1 saturated heterocycles. The Morgan fingerprint density at radius 1 is 1.19 bits per heavy atom. The largest absolute Gasteiger partial charge is 0.507 e. The molecular weight excluding hydrogens is 476 g/mol. The molecule has 0 bridgehead atoms. The minimum atomic E-state index is -1.15. The molecule has 4 rings (SSSR count). The van der Waals surface area contributed by atoms with E-state index in [1.165, 1.54) is 53.7 Å². The molecule has 0 aliphatic carbocycles. The number of aliphatic hydroxyl groups excluding tert-OH is 1. The number of Topliss-reactive ketones (excluding diaryl/α,β-unsaturated/α-hetero) is 1. The van der Waals surface area contributed by atoms with Gasteiger partial charge >= 0.3 is 0 Å². The Labute approximate surface area is 197 Å². The van der Waals surface area contributed by atoms with Gasteiger partial charge in [0.15, 0.2) is 0 Å². The highest BCUT2D eigenvalue weighted by Gasteiger charge is 2.47. The molecule has 1 atom stereocenters. The van der Waals surface area contributed by atoms with Gasteiger partial charge in [0, 0.05) is 15.5 Å². The van der Waals surface area contributed by atoms with Gasteiger partial charge in [0.05, 0.1) is 35.9 Å². The van der Waals surface area contributed by atoms with E-state index in [2.05, 4.69) is 0 Å². The Hall–Kier alpha value is -2.87.